The van der Waals surface area contributed by atoms with Crippen LogP contribution in [0.2, 0.25) is 5.02 Å². The van der Waals surface area contributed by atoms with E-state index in [1.165, 1.54) is 37.4 Å². The minimum Gasteiger partial charge on any atom is -0.494 e. The van der Waals surface area contributed by atoms with Crippen molar-refractivity contribution in [2.45, 2.75) is 6.10 Å². The van der Waals surface area contributed by atoms with Crippen molar-refractivity contribution in [1.82, 2.24) is 0 Å². The van der Waals surface area contributed by atoms with Crippen LogP contribution < -0.4 is 4.74 Å². The van der Waals surface area contributed by atoms with E-state index in [0.29, 0.717) is 5.56 Å². The van der Waals surface area contributed by atoms with E-state index >= 15 is 0 Å². The Bertz CT molecular complexity index is 602. The molecular formula is C14H11ClF2O2. The van der Waals surface area contributed by atoms with Crippen molar-refractivity contribution < 1.29 is 18.6 Å². The van der Waals surface area contributed by atoms with Gasteiger partial charge in [0.15, 0.2) is 11.6 Å². The zero-order valence-corrected chi connectivity index (χ0v) is 10.8. The summed E-state index contributed by atoms with van der Waals surface area (Å²) in [5.74, 6) is -1.04. The van der Waals surface area contributed by atoms with E-state index in [4.69, 9.17) is 16.3 Å². The van der Waals surface area contributed by atoms with Gasteiger partial charge in [-0.1, -0.05) is 17.7 Å². The van der Waals surface area contributed by atoms with Crippen LogP contribution in [0.5, 0.6) is 5.75 Å². The minimum atomic E-state index is -1.15. The van der Waals surface area contributed by atoms with Crippen LogP contribution >= 0.6 is 11.6 Å². The monoisotopic (exact) mass is 284 g/mol. The molecule has 0 aliphatic carbocycles. The summed E-state index contributed by atoms with van der Waals surface area (Å²) >= 11 is 5.91. The largest absolute Gasteiger partial charge is 0.494 e. The smallest absolute Gasteiger partial charge is 0.165 e. The number of ether oxygens (including phenoxy) is 1. The van der Waals surface area contributed by atoms with E-state index in [9.17, 15) is 13.9 Å². The lowest BCUT2D eigenvalue weighted by molar-refractivity contribution is 0.219. The minimum absolute atomic E-state index is 0.00377. The molecule has 0 saturated carbocycles. The molecule has 0 spiro atoms. The molecule has 0 aliphatic heterocycles. The second-order valence-corrected chi connectivity index (χ2v) is 4.37. The molecule has 5 heteroatoms. The average Bonchev–Trinajstić information content (AvgIpc) is 2.41. The summed E-state index contributed by atoms with van der Waals surface area (Å²) in [6.45, 7) is 0. The standard InChI is InChI=1S/C14H11ClF2O2/c1-19-13-6-8(2-5-12(13)17)14(18)10-7-9(16)3-4-11(10)15/h2-7,14,18H,1H3. The van der Waals surface area contributed by atoms with Crippen LogP contribution in [0.4, 0.5) is 8.78 Å². The predicted molar refractivity (Wildman–Crippen MR) is 68.4 cm³/mol. The topological polar surface area (TPSA) is 29.5 Å². The van der Waals surface area contributed by atoms with Gasteiger partial charge in [-0.15, -0.1) is 0 Å². The second-order valence-electron chi connectivity index (χ2n) is 3.96. The third kappa shape index (κ3) is 2.85. The molecule has 2 rings (SSSR count). The molecule has 2 nitrogen and oxygen atoms in total. The zero-order valence-electron chi connectivity index (χ0n) is 10.0. The Labute approximate surface area is 114 Å². The molecule has 100 valence electrons. The number of benzene rings is 2. The lowest BCUT2D eigenvalue weighted by Gasteiger charge is -2.14. The SMILES string of the molecule is COc1cc(C(O)c2cc(F)ccc2Cl)ccc1F. The second kappa shape index (κ2) is 5.55. The molecule has 1 N–H and O–H groups in total. The molecule has 2 aromatic rings. The Morgan fingerprint density at radius 3 is 2.58 bits per heavy atom. The van der Waals surface area contributed by atoms with Gasteiger partial charge in [-0.05, 0) is 35.9 Å². The summed E-state index contributed by atoms with van der Waals surface area (Å²) in [5, 5.41) is 10.4. The van der Waals surface area contributed by atoms with E-state index in [2.05, 4.69) is 0 Å². The molecule has 0 heterocycles. The summed E-state index contributed by atoms with van der Waals surface area (Å²) in [4.78, 5) is 0. The van der Waals surface area contributed by atoms with E-state index in [-0.39, 0.29) is 16.3 Å². The summed E-state index contributed by atoms with van der Waals surface area (Å²) in [5.41, 5.74) is 0.584. The Morgan fingerprint density at radius 1 is 1.16 bits per heavy atom. The highest BCUT2D eigenvalue weighted by atomic mass is 35.5. The van der Waals surface area contributed by atoms with E-state index in [1.807, 2.05) is 0 Å². The van der Waals surface area contributed by atoms with Crippen molar-refractivity contribution in [3.05, 3.63) is 64.2 Å². The van der Waals surface area contributed by atoms with Crippen LogP contribution in [0.25, 0.3) is 0 Å². The molecule has 0 fully saturated rings. The Kier molecular flexibility index (Phi) is 4.02. The molecule has 0 bridgehead atoms. The highest BCUT2D eigenvalue weighted by molar-refractivity contribution is 6.31. The lowest BCUT2D eigenvalue weighted by atomic mass is 10.0. The first-order chi connectivity index (χ1) is 9.02. The van der Waals surface area contributed by atoms with Gasteiger partial charge in [0.2, 0.25) is 0 Å². The van der Waals surface area contributed by atoms with Crippen LogP contribution in [0.3, 0.4) is 0 Å². The van der Waals surface area contributed by atoms with Crippen LogP contribution in [0.1, 0.15) is 17.2 Å². The maximum Gasteiger partial charge on any atom is 0.165 e. The van der Waals surface area contributed by atoms with Gasteiger partial charge in [0.25, 0.3) is 0 Å². The van der Waals surface area contributed by atoms with E-state index in [1.54, 1.807) is 0 Å². The molecule has 0 amide bonds. The van der Waals surface area contributed by atoms with Crippen molar-refractivity contribution >= 4 is 11.6 Å². The fraction of sp³-hybridized carbons (Fsp3) is 0.143. The van der Waals surface area contributed by atoms with Crippen molar-refractivity contribution in [2.75, 3.05) is 7.11 Å². The van der Waals surface area contributed by atoms with Crippen LogP contribution in [-0.4, -0.2) is 12.2 Å². The highest BCUT2D eigenvalue weighted by Gasteiger charge is 2.16. The van der Waals surface area contributed by atoms with Gasteiger partial charge < -0.3 is 9.84 Å². The summed E-state index contributed by atoms with van der Waals surface area (Å²) in [7, 11) is 1.32. The van der Waals surface area contributed by atoms with E-state index in [0.717, 1.165) is 6.07 Å². The maximum atomic E-state index is 13.3. The lowest BCUT2D eigenvalue weighted by Crippen LogP contribution is -2.02. The number of aliphatic hydroxyl groups excluding tert-OH is 1. The molecule has 0 aliphatic rings. The summed E-state index contributed by atoms with van der Waals surface area (Å²) < 4.78 is 31.3. The fourth-order valence-corrected chi connectivity index (χ4v) is 1.97. The highest BCUT2D eigenvalue weighted by Crippen LogP contribution is 2.31. The number of rotatable bonds is 3. The fourth-order valence-electron chi connectivity index (χ4n) is 1.75. The number of halogens is 3. The van der Waals surface area contributed by atoms with Gasteiger partial charge in [-0.3, -0.25) is 0 Å². The third-order valence-electron chi connectivity index (χ3n) is 2.74. The van der Waals surface area contributed by atoms with Crippen molar-refractivity contribution in [3.63, 3.8) is 0 Å². The van der Waals surface area contributed by atoms with Gasteiger partial charge in [0.1, 0.15) is 11.9 Å². The average molecular weight is 285 g/mol. The first-order valence-corrected chi connectivity index (χ1v) is 5.87. The van der Waals surface area contributed by atoms with Gasteiger partial charge in [0, 0.05) is 10.6 Å². The van der Waals surface area contributed by atoms with Crippen LogP contribution in [-0.2, 0) is 0 Å². The van der Waals surface area contributed by atoms with Gasteiger partial charge >= 0.3 is 0 Å². The normalized spacial score (nSPS) is 12.3. The van der Waals surface area contributed by atoms with Gasteiger partial charge in [-0.25, -0.2) is 8.78 Å². The van der Waals surface area contributed by atoms with Gasteiger partial charge in [0.05, 0.1) is 7.11 Å². The molecule has 0 radical (unpaired) electrons. The number of hydrogen-bond donors (Lipinski definition) is 1. The zero-order chi connectivity index (χ0) is 14.0. The molecule has 0 saturated heterocycles. The number of methoxy groups -OCH3 is 1. The van der Waals surface area contributed by atoms with Gasteiger partial charge in [-0.2, -0.15) is 0 Å². The van der Waals surface area contributed by atoms with Crippen LogP contribution in [0, 0.1) is 11.6 Å². The van der Waals surface area contributed by atoms with Crippen LogP contribution in [0.15, 0.2) is 36.4 Å². The Hall–Kier alpha value is -1.65. The molecule has 1 unspecified atom stereocenters. The van der Waals surface area contributed by atoms with Crippen molar-refractivity contribution in [3.8, 4) is 5.75 Å². The quantitative estimate of drug-likeness (QED) is 0.931. The van der Waals surface area contributed by atoms with Crippen molar-refractivity contribution in [1.29, 1.82) is 0 Å². The molecule has 19 heavy (non-hydrogen) atoms. The summed E-state index contributed by atoms with van der Waals surface area (Å²) in [6.07, 6.45) is -1.15. The Balaban J connectivity index is 2.43. The number of aliphatic hydroxyl groups is 1. The first kappa shape index (κ1) is 13.8. The third-order valence-corrected chi connectivity index (χ3v) is 3.09. The molecule has 1 atom stereocenters. The summed E-state index contributed by atoms with van der Waals surface area (Å²) in [6, 6.07) is 7.61. The molecule has 0 aromatic heterocycles. The predicted octanol–water partition coefficient (Wildman–Crippen LogP) is 3.71. The van der Waals surface area contributed by atoms with E-state index < -0.39 is 17.7 Å². The molecule has 2 aromatic carbocycles. The maximum absolute atomic E-state index is 13.3. The number of hydrogen-bond acceptors (Lipinski definition) is 2. The van der Waals surface area contributed by atoms with Crippen molar-refractivity contribution in [2.24, 2.45) is 0 Å². The Morgan fingerprint density at radius 2 is 1.89 bits per heavy atom. The first-order valence-electron chi connectivity index (χ1n) is 5.49. The molecular weight excluding hydrogens is 274 g/mol.